The van der Waals surface area contributed by atoms with Crippen molar-refractivity contribution in [2.24, 2.45) is 0 Å². The van der Waals surface area contributed by atoms with E-state index in [1.807, 2.05) is 6.92 Å². The fraction of sp³-hybridized carbons (Fsp3) is 0.107. The smallest absolute Gasteiger partial charge is 0.264 e. The maximum Gasteiger partial charge on any atom is 0.264 e. The van der Waals surface area contributed by atoms with Crippen LogP contribution < -0.4 is 14.3 Å². The average Bonchev–Trinajstić information content (AvgIpc) is 2.90. The Morgan fingerprint density at radius 1 is 0.744 bits per heavy atom. The van der Waals surface area contributed by atoms with Crippen molar-refractivity contribution >= 4 is 54.6 Å². The largest absolute Gasteiger partial charge is 0.325 e. The van der Waals surface area contributed by atoms with E-state index < -0.39 is 32.5 Å². The number of amides is 1. The lowest BCUT2D eigenvalue weighted by Gasteiger charge is -2.26. The first-order chi connectivity index (χ1) is 18.5. The van der Waals surface area contributed by atoms with Crippen molar-refractivity contribution in [3.05, 3.63) is 113 Å². The molecule has 202 valence electrons. The number of nitrogens with zero attached hydrogens (tertiary/aromatic N) is 1. The first-order valence-electron chi connectivity index (χ1n) is 11.8. The van der Waals surface area contributed by atoms with Crippen molar-refractivity contribution in [2.75, 3.05) is 20.9 Å². The molecule has 0 fully saturated rings. The molecule has 4 rings (SSSR count). The van der Waals surface area contributed by atoms with Gasteiger partial charge in [0, 0.05) is 16.4 Å². The third-order valence-corrected chi connectivity index (χ3v) is 9.46. The zero-order chi connectivity index (χ0) is 28.2. The molecule has 0 unspecified atom stereocenters. The Hall–Kier alpha value is -3.86. The van der Waals surface area contributed by atoms with Crippen LogP contribution >= 0.6 is 11.6 Å². The quantitative estimate of drug-likeness (QED) is 0.267. The van der Waals surface area contributed by atoms with Crippen LogP contribution in [0, 0.1) is 13.8 Å². The van der Waals surface area contributed by atoms with Crippen molar-refractivity contribution in [1.29, 1.82) is 0 Å². The molecule has 0 saturated heterocycles. The number of benzene rings is 4. The van der Waals surface area contributed by atoms with Crippen LogP contribution in [0.4, 0.5) is 17.1 Å². The molecule has 11 heteroatoms. The number of rotatable bonds is 9. The number of halogens is 1. The van der Waals surface area contributed by atoms with Crippen molar-refractivity contribution < 1.29 is 21.6 Å². The summed E-state index contributed by atoms with van der Waals surface area (Å²) in [5.41, 5.74) is 2.38. The number of para-hydroxylation sites is 1. The predicted octanol–water partition coefficient (Wildman–Crippen LogP) is 5.59. The van der Waals surface area contributed by atoms with Gasteiger partial charge in [0.1, 0.15) is 6.54 Å². The first kappa shape index (κ1) is 28.2. The second kappa shape index (κ2) is 11.5. The molecular weight excluding hydrogens is 558 g/mol. The summed E-state index contributed by atoms with van der Waals surface area (Å²) >= 11 is 6.27. The van der Waals surface area contributed by atoms with Gasteiger partial charge in [-0.2, -0.15) is 0 Å². The van der Waals surface area contributed by atoms with Crippen molar-refractivity contribution in [1.82, 2.24) is 0 Å². The third kappa shape index (κ3) is 6.59. The molecule has 0 atom stereocenters. The van der Waals surface area contributed by atoms with E-state index in [-0.39, 0.29) is 15.5 Å². The summed E-state index contributed by atoms with van der Waals surface area (Å²) in [5, 5.41) is 3.00. The molecule has 0 aliphatic rings. The molecular formula is C28H26ClN3O5S2. The van der Waals surface area contributed by atoms with Crippen LogP contribution in [0.3, 0.4) is 0 Å². The molecule has 2 N–H and O–H groups in total. The van der Waals surface area contributed by atoms with E-state index in [0.717, 1.165) is 9.87 Å². The molecule has 4 aromatic carbocycles. The molecule has 0 radical (unpaired) electrons. The van der Waals surface area contributed by atoms with E-state index in [1.165, 1.54) is 36.4 Å². The molecule has 0 heterocycles. The topological polar surface area (TPSA) is 113 Å². The van der Waals surface area contributed by atoms with Gasteiger partial charge in [0.2, 0.25) is 5.91 Å². The minimum Gasteiger partial charge on any atom is -0.325 e. The number of sulfonamides is 2. The summed E-state index contributed by atoms with van der Waals surface area (Å²) in [6, 6.07) is 25.2. The highest BCUT2D eigenvalue weighted by Crippen LogP contribution is 2.31. The zero-order valence-electron chi connectivity index (χ0n) is 21.1. The maximum atomic E-state index is 13.6. The third-order valence-electron chi connectivity index (χ3n) is 5.88. The lowest BCUT2D eigenvalue weighted by atomic mass is 10.2. The number of hydrogen-bond donors (Lipinski definition) is 2. The normalized spacial score (nSPS) is 11.6. The summed E-state index contributed by atoms with van der Waals surface area (Å²) in [4.78, 5) is 13.1. The van der Waals surface area contributed by atoms with Crippen molar-refractivity contribution in [3.63, 3.8) is 0 Å². The van der Waals surface area contributed by atoms with Gasteiger partial charge in [-0.1, -0.05) is 53.6 Å². The van der Waals surface area contributed by atoms with Gasteiger partial charge in [-0.15, -0.1) is 0 Å². The summed E-state index contributed by atoms with van der Waals surface area (Å²) in [7, 11) is -7.97. The number of hydrogen-bond acceptors (Lipinski definition) is 5. The summed E-state index contributed by atoms with van der Waals surface area (Å²) in [6.45, 7) is 2.99. The van der Waals surface area contributed by atoms with E-state index in [4.69, 9.17) is 11.6 Å². The van der Waals surface area contributed by atoms with Gasteiger partial charge in [0.25, 0.3) is 20.0 Å². The van der Waals surface area contributed by atoms with Gasteiger partial charge < -0.3 is 5.32 Å². The fourth-order valence-corrected chi connectivity index (χ4v) is 6.48. The van der Waals surface area contributed by atoms with Crippen LogP contribution in [-0.2, 0) is 24.8 Å². The van der Waals surface area contributed by atoms with Crippen molar-refractivity contribution in [2.45, 2.75) is 23.6 Å². The summed E-state index contributed by atoms with van der Waals surface area (Å²) in [6.07, 6.45) is 0. The molecule has 0 aromatic heterocycles. The average molecular weight is 584 g/mol. The van der Waals surface area contributed by atoms with Crippen molar-refractivity contribution in [3.8, 4) is 0 Å². The number of carbonyl (C=O) groups is 1. The second-order valence-corrected chi connectivity index (χ2v) is 12.7. The van der Waals surface area contributed by atoms with Crippen LogP contribution in [0.2, 0.25) is 5.02 Å². The molecule has 0 saturated carbocycles. The van der Waals surface area contributed by atoms with Crippen LogP contribution in [0.25, 0.3) is 0 Å². The highest BCUT2D eigenvalue weighted by Gasteiger charge is 2.29. The van der Waals surface area contributed by atoms with E-state index in [9.17, 15) is 21.6 Å². The lowest BCUT2D eigenvalue weighted by molar-refractivity contribution is -0.114. The number of aryl methyl sites for hydroxylation is 1. The monoisotopic (exact) mass is 583 g/mol. The molecule has 0 spiro atoms. The summed E-state index contributed by atoms with van der Waals surface area (Å²) in [5.74, 6) is -0.622. The number of carbonyl (C=O) groups excluding carboxylic acids is 1. The molecule has 8 nitrogen and oxygen atoms in total. The van der Waals surface area contributed by atoms with Crippen LogP contribution in [0.15, 0.2) is 107 Å². The van der Waals surface area contributed by atoms with Gasteiger partial charge in [0.15, 0.2) is 0 Å². The Morgan fingerprint density at radius 3 is 2.00 bits per heavy atom. The van der Waals surface area contributed by atoms with E-state index in [0.29, 0.717) is 22.0 Å². The fourth-order valence-electron chi connectivity index (χ4n) is 3.77. The molecule has 0 aliphatic carbocycles. The molecule has 1 amide bonds. The van der Waals surface area contributed by atoms with E-state index >= 15 is 0 Å². The standard InChI is InChI=1S/C28H26ClN3O5S2/c1-20-11-15-25(16-12-20)39(36,37)32(27-10-6-9-26(29)21(27)2)19-28(33)30-22-13-17-24(18-14-22)38(34,35)31-23-7-4-3-5-8-23/h3-18,31H,19H2,1-2H3,(H,30,33). The Kier molecular flexibility index (Phi) is 8.29. The van der Waals surface area contributed by atoms with E-state index in [2.05, 4.69) is 10.0 Å². The number of nitrogens with one attached hydrogen (secondary N) is 2. The maximum absolute atomic E-state index is 13.6. The van der Waals surface area contributed by atoms with E-state index in [1.54, 1.807) is 67.6 Å². The van der Waals surface area contributed by atoms with Crippen LogP contribution in [0.5, 0.6) is 0 Å². The predicted molar refractivity (Wildman–Crippen MR) is 154 cm³/mol. The zero-order valence-corrected chi connectivity index (χ0v) is 23.5. The van der Waals surface area contributed by atoms with Crippen LogP contribution in [0.1, 0.15) is 11.1 Å². The van der Waals surface area contributed by atoms with Gasteiger partial charge in [-0.05, 0) is 80.1 Å². The Bertz CT molecular complexity index is 1690. The van der Waals surface area contributed by atoms with Gasteiger partial charge in [0.05, 0.1) is 15.5 Å². The lowest BCUT2D eigenvalue weighted by Crippen LogP contribution is -2.38. The molecule has 0 bridgehead atoms. The SMILES string of the molecule is Cc1ccc(S(=O)(=O)N(CC(=O)Nc2ccc(S(=O)(=O)Nc3ccccc3)cc2)c2cccc(Cl)c2C)cc1. The Morgan fingerprint density at radius 2 is 1.36 bits per heavy atom. The Labute approximate surface area is 233 Å². The van der Waals surface area contributed by atoms with Crippen LogP contribution in [-0.4, -0.2) is 29.3 Å². The molecule has 4 aromatic rings. The molecule has 39 heavy (non-hydrogen) atoms. The first-order valence-corrected chi connectivity index (χ1v) is 15.1. The van der Waals surface area contributed by atoms with Gasteiger partial charge in [-0.3, -0.25) is 13.8 Å². The van der Waals surface area contributed by atoms with Gasteiger partial charge in [-0.25, -0.2) is 16.8 Å². The minimum atomic E-state index is -4.13. The summed E-state index contributed by atoms with van der Waals surface area (Å²) < 4.78 is 56.1. The second-order valence-electron chi connectivity index (χ2n) is 8.75. The highest BCUT2D eigenvalue weighted by atomic mass is 35.5. The van der Waals surface area contributed by atoms with Gasteiger partial charge >= 0.3 is 0 Å². The minimum absolute atomic E-state index is 0.00230. The number of anilines is 3. The highest BCUT2D eigenvalue weighted by molar-refractivity contribution is 7.93. The molecule has 0 aliphatic heterocycles. The Balaban J connectivity index is 1.57.